The lowest BCUT2D eigenvalue weighted by Crippen LogP contribution is -2.42. The van der Waals surface area contributed by atoms with Crippen molar-refractivity contribution < 1.29 is 0 Å². The van der Waals surface area contributed by atoms with E-state index >= 15 is 0 Å². The van der Waals surface area contributed by atoms with E-state index < -0.39 is 0 Å². The summed E-state index contributed by atoms with van der Waals surface area (Å²) in [6.07, 6.45) is 4.45. The molecule has 2 atom stereocenters. The van der Waals surface area contributed by atoms with E-state index in [4.69, 9.17) is 0 Å². The number of hydrogen-bond donors (Lipinski definition) is 1. The lowest BCUT2D eigenvalue weighted by molar-refractivity contribution is 0.0946. The van der Waals surface area contributed by atoms with Gasteiger partial charge in [-0.3, -0.25) is 9.88 Å². The van der Waals surface area contributed by atoms with E-state index in [0.717, 1.165) is 22.0 Å². The van der Waals surface area contributed by atoms with Crippen molar-refractivity contribution >= 4 is 31.9 Å². The molecule has 0 aliphatic carbocycles. The molecule has 19 heavy (non-hydrogen) atoms. The Labute approximate surface area is 132 Å². The summed E-state index contributed by atoms with van der Waals surface area (Å²) < 4.78 is 2.13. The molecule has 1 saturated heterocycles. The lowest BCUT2D eigenvalue weighted by atomic mass is 9.86. The average Bonchev–Trinajstić information content (AvgIpc) is 2.39. The minimum absolute atomic E-state index is 0.411. The minimum Gasteiger partial charge on any atom is -0.319 e. The highest BCUT2D eigenvalue weighted by atomic mass is 79.9. The normalized spacial score (nSPS) is 24.6. The number of halogens is 2. The fraction of sp³-hybridized carbons (Fsp3) is 0.643. The largest absolute Gasteiger partial charge is 0.319 e. The highest BCUT2D eigenvalue weighted by Crippen LogP contribution is 2.38. The second-order valence-corrected chi connectivity index (χ2v) is 6.82. The summed E-state index contributed by atoms with van der Waals surface area (Å²) in [4.78, 5) is 7.22. The molecular weight excluding hydrogens is 370 g/mol. The zero-order valence-corrected chi connectivity index (χ0v) is 14.7. The van der Waals surface area contributed by atoms with Gasteiger partial charge in [0.1, 0.15) is 0 Å². The van der Waals surface area contributed by atoms with Gasteiger partial charge in [0.15, 0.2) is 0 Å². The van der Waals surface area contributed by atoms with Crippen LogP contribution in [0.4, 0.5) is 0 Å². The first-order valence-corrected chi connectivity index (χ1v) is 8.45. The molecule has 1 N–H and O–H groups in total. The van der Waals surface area contributed by atoms with Crippen LogP contribution in [0.5, 0.6) is 0 Å². The van der Waals surface area contributed by atoms with Gasteiger partial charge in [-0.15, -0.1) is 0 Å². The van der Waals surface area contributed by atoms with E-state index in [1.807, 2.05) is 13.2 Å². The summed E-state index contributed by atoms with van der Waals surface area (Å²) in [5.74, 6) is 0.628. The highest BCUT2D eigenvalue weighted by molar-refractivity contribution is 9.11. The highest BCUT2D eigenvalue weighted by Gasteiger charge is 2.33. The van der Waals surface area contributed by atoms with Crippen LogP contribution in [0.1, 0.15) is 31.5 Å². The van der Waals surface area contributed by atoms with Crippen molar-refractivity contribution in [3.63, 3.8) is 0 Å². The van der Waals surface area contributed by atoms with Gasteiger partial charge < -0.3 is 5.32 Å². The number of rotatable bonds is 4. The Hall–Kier alpha value is 0.0300. The van der Waals surface area contributed by atoms with Gasteiger partial charge in [0.2, 0.25) is 0 Å². The molecule has 3 nitrogen and oxygen atoms in total. The maximum atomic E-state index is 4.67. The zero-order valence-electron chi connectivity index (χ0n) is 11.5. The van der Waals surface area contributed by atoms with Crippen molar-refractivity contribution in [2.24, 2.45) is 5.92 Å². The molecule has 1 aliphatic rings. The predicted octanol–water partition coefficient (Wildman–Crippen LogP) is 3.60. The van der Waals surface area contributed by atoms with Crippen molar-refractivity contribution in [3.05, 3.63) is 26.9 Å². The molecule has 2 unspecified atom stereocenters. The lowest BCUT2D eigenvalue weighted by Gasteiger charge is -2.41. The van der Waals surface area contributed by atoms with E-state index in [2.05, 4.69) is 60.1 Å². The molecule has 2 heterocycles. The summed E-state index contributed by atoms with van der Waals surface area (Å²) >= 11 is 7.16. The molecule has 1 aliphatic heterocycles. The Morgan fingerprint density at radius 2 is 2.26 bits per heavy atom. The standard InChI is InChI=1S/C14H21Br2N3/c1-3-19-6-4-5-10(8-17-2)14(19)13-12(16)7-11(15)9-18-13/h7,9-10,14,17H,3-6,8H2,1-2H3. The Morgan fingerprint density at radius 1 is 1.47 bits per heavy atom. The van der Waals surface area contributed by atoms with Crippen LogP contribution in [-0.4, -0.2) is 36.6 Å². The van der Waals surface area contributed by atoms with E-state index in [9.17, 15) is 0 Å². The van der Waals surface area contributed by atoms with E-state index in [-0.39, 0.29) is 0 Å². The van der Waals surface area contributed by atoms with Crippen LogP contribution in [0, 0.1) is 5.92 Å². The fourth-order valence-electron chi connectivity index (χ4n) is 3.02. The van der Waals surface area contributed by atoms with Gasteiger partial charge in [0, 0.05) is 15.1 Å². The third-order valence-electron chi connectivity index (χ3n) is 3.85. The molecule has 0 spiro atoms. The average molecular weight is 391 g/mol. The summed E-state index contributed by atoms with van der Waals surface area (Å²) in [5, 5.41) is 3.33. The SMILES string of the molecule is CCN1CCCC(CNC)C1c1ncc(Br)cc1Br. The molecule has 2 rings (SSSR count). The van der Waals surface area contributed by atoms with Gasteiger partial charge in [-0.05, 0) is 83.4 Å². The molecule has 106 valence electrons. The van der Waals surface area contributed by atoms with Crippen LogP contribution in [-0.2, 0) is 0 Å². The molecule has 0 aromatic carbocycles. The fourth-order valence-corrected chi connectivity index (χ4v) is 4.24. The topological polar surface area (TPSA) is 28.2 Å². The van der Waals surface area contributed by atoms with Crippen LogP contribution < -0.4 is 5.32 Å². The van der Waals surface area contributed by atoms with Crippen molar-refractivity contribution in [3.8, 4) is 0 Å². The van der Waals surface area contributed by atoms with Crippen molar-refractivity contribution in [2.75, 3.05) is 26.7 Å². The van der Waals surface area contributed by atoms with Gasteiger partial charge in [-0.25, -0.2) is 0 Å². The van der Waals surface area contributed by atoms with E-state index in [1.54, 1.807) is 0 Å². The third kappa shape index (κ3) is 3.57. The predicted molar refractivity (Wildman–Crippen MR) is 86.3 cm³/mol. The maximum absolute atomic E-state index is 4.67. The summed E-state index contributed by atoms with van der Waals surface area (Å²) in [7, 11) is 2.03. The quantitative estimate of drug-likeness (QED) is 0.851. The first kappa shape index (κ1) is 15.4. The molecule has 1 fully saturated rings. The van der Waals surface area contributed by atoms with E-state index in [0.29, 0.717) is 12.0 Å². The summed E-state index contributed by atoms with van der Waals surface area (Å²) in [5.41, 5.74) is 1.17. The number of likely N-dealkylation sites (tertiary alicyclic amines) is 1. The van der Waals surface area contributed by atoms with Crippen molar-refractivity contribution in [1.82, 2.24) is 15.2 Å². The van der Waals surface area contributed by atoms with Crippen LogP contribution in [0.25, 0.3) is 0 Å². The maximum Gasteiger partial charge on any atom is 0.0721 e. The van der Waals surface area contributed by atoms with Gasteiger partial charge in [-0.1, -0.05) is 6.92 Å². The van der Waals surface area contributed by atoms with Gasteiger partial charge >= 0.3 is 0 Å². The van der Waals surface area contributed by atoms with Crippen LogP contribution >= 0.6 is 31.9 Å². The molecule has 0 bridgehead atoms. The minimum atomic E-state index is 0.411. The molecule has 0 amide bonds. The Balaban J connectivity index is 2.33. The van der Waals surface area contributed by atoms with E-state index in [1.165, 1.54) is 25.1 Å². The van der Waals surface area contributed by atoms with Gasteiger partial charge in [0.05, 0.1) is 11.7 Å². The van der Waals surface area contributed by atoms with Gasteiger partial charge in [-0.2, -0.15) is 0 Å². The number of piperidine rings is 1. The molecular formula is C14H21Br2N3. The summed E-state index contributed by atoms with van der Waals surface area (Å²) in [6, 6.07) is 2.51. The monoisotopic (exact) mass is 389 g/mol. The van der Waals surface area contributed by atoms with Gasteiger partial charge in [0.25, 0.3) is 0 Å². The second kappa shape index (κ2) is 7.16. The Morgan fingerprint density at radius 3 is 2.89 bits per heavy atom. The first-order valence-electron chi connectivity index (χ1n) is 6.87. The number of pyridine rings is 1. The van der Waals surface area contributed by atoms with Crippen LogP contribution in [0.2, 0.25) is 0 Å². The van der Waals surface area contributed by atoms with Crippen molar-refractivity contribution in [2.45, 2.75) is 25.8 Å². The van der Waals surface area contributed by atoms with Crippen molar-refractivity contribution in [1.29, 1.82) is 0 Å². The summed E-state index contributed by atoms with van der Waals surface area (Å²) in [6.45, 7) is 5.54. The molecule has 1 aromatic rings. The van der Waals surface area contributed by atoms with Crippen LogP contribution in [0.3, 0.4) is 0 Å². The molecule has 0 radical (unpaired) electrons. The molecule has 0 saturated carbocycles. The molecule has 5 heteroatoms. The smallest absolute Gasteiger partial charge is 0.0721 e. The number of nitrogens with one attached hydrogen (secondary N) is 1. The number of aromatic nitrogens is 1. The third-order valence-corrected chi connectivity index (χ3v) is 4.92. The Bertz CT molecular complexity index is 423. The van der Waals surface area contributed by atoms with Crippen LogP contribution in [0.15, 0.2) is 21.2 Å². The number of nitrogens with zero attached hydrogens (tertiary/aromatic N) is 2. The molecule has 1 aromatic heterocycles. The Kier molecular flexibility index (Phi) is 5.81. The second-order valence-electron chi connectivity index (χ2n) is 5.05. The zero-order chi connectivity index (χ0) is 13.8. The first-order chi connectivity index (χ1) is 9.17. The number of hydrogen-bond acceptors (Lipinski definition) is 3.